The summed E-state index contributed by atoms with van der Waals surface area (Å²) in [6.07, 6.45) is 0.562. The number of rotatable bonds is 4. The molecule has 0 aliphatic carbocycles. The monoisotopic (exact) mass is 444 g/mol. The number of hydrazone groups is 1. The van der Waals surface area contributed by atoms with Crippen LogP contribution in [0.5, 0.6) is 0 Å². The van der Waals surface area contributed by atoms with E-state index in [4.69, 9.17) is 0 Å². The summed E-state index contributed by atoms with van der Waals surface area (Å²) in [6, 6.07) is 10.8. The second kappa shape index (κ2) is 8.30. The summed E-state index contributed by atoms with van der Waals surface area (Å²) in [6.45, 7) is 3.81. The van der Waals surface area contributed by atoms with Crippen molar-refractivity contribution in [1.29, 1.82) is 0 Å². The molecule has 2 N–H and O–H groups in total. The van der Waals surface area contributed by atoms with Crippen LogP contribution in [0.2, 0.25) is 0 Å². The van der Waals surface area contributed by atoms with Crippen LogP contribution >= 0.6 is 11.8 Å². The zero-order valence-corrected chi connectivity index (χ0v) is 17.9. The first-order valence-corrected chi connectivity index (χ1v) is 10.8. The fraction of sp³-hybridized carbons (Fsp3) is 0.318. The third-order valence-corrected chi connectivity index (χ3v) is 7.02. The van der Waals surface area contributed by atoms with Gasteiger partial charge >= 0.3 is 0 Å². The number of carbonyl (C=O) groups excluding carboxylic acids is 2. The molecule has 0 unspecified atom stereocenters. The minimum absolute atomic E-state index is 0.0183. The van der Waals surface area contributed by atoms with Crippen molar-refractivity contribution in [1.82, 2.24) is 10.3 Å². The molecule has 2 aliphatic rings. The number of halogens is 2. The van der Waals surface area contributed by atoms with Gasteiger partial charge in [0, 0.05) is 49.7 Å². The Bertz CT molecular complexity index is 1080. The first kappa shape index (κ1) is 21.3. The minimum Gasteiger partial charge on any atom is -0.384 e. The molecule has 0 saturated carbocycles. The fourth-order valence-corrected chi connectivity index (χ4v) is 5.73. The highest BCUT2D eigenvalue weighted by atomic mass is 32.2. The highest BCUT2D eigenvalue weighted by molar-refractivity contribution is 8.15. The molecule has 162 valence electrons. The van der Waals surface area contributed by atoms with Crippen LogP contribution in [0, 0.1) is 17.6 Å². The predicted molar refractivity (Wildman–Crippen MR) is 116 cm³/mol. The Morgan fingerprint density at radius 1 is 1.26 bits per heavy atom. The van der Waals surface area contributed by atoms with E-state index in [2.05, 4.69) is 15.7 Å². The van der Waals surface area contributed by atoms with Crippen LogP contribution in [0.15, 0.2) is 47.6 Å². The molecule has 0 saturated heterocycles. The molecule has 2 aromatic carbocycles. The van der Waals surface area contributed by atoms with Crippen molar-refractivity contribution in [3.05, 3.63) is 65.2 Å². The lowest BCUT2D eigenvalue weighted by molar-refractivity contribution is -0.134. The van der Waals surface area contributed by atoms with E-state index in [0.29, 0.717) is 19.5 Å². The Balaban J connectivity index is 1.82. The van der Waals surface area contributed by atoms with E-state index in [1.807, 2.05) is 24.3 Å². The molecule has 0 bridgehead atoms. The van der Waals surface area contributed by atoms with Crippen LogP contribution < -0.4 is 10.6 Å². The smallest absolute Gasteiger partial charge is 0.241 e. The van der Waals surface area contributed by atoms with Gasteiger partial charge in [-0.2, -0.15) is 5.10 Å². The summed E-state index contributed by atoms with van der Waals surface area (Å²) >= 11 is 1.25. The van der Waals surface area contributed by atoms with Gasteiger partial charge in [0.15, 0.2) is 0 Å². The number of para-hydroxylation sites is 1. The van der Waals surface area contributed by atoms with Gasteiger partial charge in [0.25, 0.3) is 0 Å². The Morgan fingerprint density at radius 2 is 2.03 bits per heavy atom. The Kier molecular flexibility index (Phi) is 5.70. The van der Waals surface area contributed by atoms with Crippen molar-refractivity contribution in [2.24, 2.45) is 11.0 Å². The SMILES string of the molecule is CC(=O)NCC[C@H]1CNc2ccccc2[C@]12SC(c1cc(F)ccc1F)=NN2C(C)=O. The van der Waals surface area contributed by atoms with E-state index in [1.54, 1.807) is 0 Å². The number of thioether (sulfide) groups is 1. The molecule has 9 heteroatoms. The maximum atomic E-state index is 14.6. The molecule has 31 heavy (non-hydrogen) atoms. The quantitative estimate of drug-likeness (QED) is 0.755. The summed E-state index contributed by atoms with van der Waals surface area (Å²) in [5, 5.41) is 12.3. The average Bonchev–Trinajstić information content (AvgIpc) is 3.13. The Hall–Kier alpha value is -2.94. The van der Waals surface area contributed by atoms with E-state index >= 15 is 0 Å². The standard InChI is InChI=1S/C22H22F2N4O2S/c1-13(29)25-10-9-15-12-26-20-6-4-3-5-18(20)22(15)28(14(2)30)27-21(31-22)17-11-16(23)7-8-19(17)24/h3-8,11,15,26H,9-10,12H2,1-2H3,(H,25,29)/t15-,22+/m0/s1. The topological polar surface area (TPSA) is 73.8 Å². The first-order chi connectivity index (χ1) is 14.8. The van der Waals surface area contributed by atoms with Crippen molar-refractivity contribution >= 4 is 34.3 Å². The van der Waals surface area contributed by atoms with Crippen LogP contribution in [0.4, 0.5) is 14.5 Å². The fourth-order valence-electron chi connectivity index (χ4n) is 4.14. The van der Waals surface area contributed by atoms with E-state index in [-0.39, 0.29) is 28.3 Å². The molecule has 2 aliphatic heterocycles. The summed E-state index contributed by atoms with van der Waals surface area (Å²) < 4.78 is 28.5. The molecule has 4 rings (SSSR count). The van der Waals surface area contributed by atoms with Crippen molar-refractivity contribution in [2.75, 3.05) is 18.4 Å². The average molecular weight is 445 g/mol. The van der Waals surface area contributed by atoms with Crippen LogP contribution in [0.25, 0.3) is 0 Å². The molecule has 0 radical (unpaired) electrons. The van der Waals surface area contributed by atoms with E-state index in [1.165, 1.54) is 30.6 Å². The van der Waals surface area contributed by atoms with Crippen LogP contribution in [0.1, 0.15) is 31.4 Å². The number of nitrogens with one attached hydrogen (secondary N) is 2. The molecule has 2 aromatic rings. The van der Waals surface area contributed by atoms with Gasteiger partial charge in [-0.1, -0.05) is 30.0 Å². The molecule has 2 atom stereocenters. The number of hydrogen-bond donors (Lipinski definition) is 2. The second-order valence-corrected chi connectivity index (χ2v) is 8.77. The lowest BCUT2D eigenvalue weighted by Crippen LogP contribution is -2.51. The minimum atomic E-state index is -0.944. The van der Waals surface area contributed by atoms with Gasteiger partial charge in [-0.25, -0.2) is 13.8 Å². The van der Waals surface area contributed by atoms with Gasteiger partial charge in [-0.05, 0) is 30.7 Å². The number of amides is 2. The van der Waals surface area contributed by atoms with Gasteiger partial charge in [0.1, 0.15) is 21.5 Å². The Morgan fingerprint density at radius 3 is 2.77 bits per heavy atom. The summed E-state index contributed by atoms with van der Waals surface area (Å²) in [7, 11) is 0. The van der Waals surface area contributed by atoms with Crippen molar-refractivity contribution in [2.45, 2.75) is 25.1 Å². The second-order valence-electron chi connectivity index (χ2n) is 7.55. The summed E-state index contributed by atoms with van der Waals surface area (Å²) in [5.41, 5.74) is 1.71. The van der Waals surface area contributed by atoms with Crippen molar-refractivity contribution in [3.63, 3.8) is 0 Å². The molecule has 1 spiro atoms. The van der Waals surface area contributed by atoms with Crippen LogP contribution in [-0.4, -0.2) is 35.0 Å². The number of hydrogen-bond acceptors (Lipinski definition) is 5. The largest absolute Gasteiger partial charge is 0.384 e. The third-order valence-electron chi connectivity index (χ3n) is 5.49. The van der Waals surface area contributed by atoms with Crippen LogP contribution in [0.3, 0.4) is 0 Å². The number of fused-ring (bicyclic) bond motifs is 2. The van der Waals surface area contributed by atoms with Gasteiger partial charge in [-0.15, -0.1) is 0 Å². The number of benzene rings is 2. The van der Waals surface area contributed by atoms with Gasteiger partial charge in [0.05, 0.1) is 0 Å². The lowest BCUT2D eigenvalue weighted by Gasteiger charge is -2.46. The highest BCUT2D eigenvalue weighted by Gasteiger charge is 2.55. The molecule has 0 aromatic heterocycles. The lowest BCUT2D eigenvalue weighted by atomic mass is 9.84. The van der Waals surface area contributed by atoms with E-state index < -0.39 is 16.5 Å². The van der Waals surface area contributed by atoms with Crippen molar-refractivity contribution < 1.29 is 18.4 Å². The first-order valence-electron chi connectivity index (χ1n) is 9.94. The molecule has 2 heterocycles. The predicted octanol–water partition coefficient (Wildman–Crippen LogP) is 3.64. The van der Waals surface area contributed by atoms with Gasteiger partial charge in [0.2, 0.25) is 11.8 Å². The van der Waals surface area contributed by atoms with Gasteiger partial charge in [-0.3, -0.25) is 9.59 Å². The number of anilines is 1. The summed E-state index contributed by atoms with van der Waals surface area (Å²) in [4.78, 5) is 23.2. The molecule has 6 nitrogen and oxygen atoms in total. The maximum absolute atomic E-state index is 14.6. The highest BCUT2D eigenvalue weighted by Crippen LogP contribution is 2.56. The molecule has 2 amide bonds. The van der Waals surface area contributed by atoms with Crippen LogP contribution in [-0.2, 0) is 14.5 Å². The van der Waals surface area contributed by atoms with Crippen molar-refractivity contribution in [3.8, 4) is 0 Å². The zero-order valence-electron chi connectivity index (χ0n) is 17.1. The molecule has 0 fully saturated rings. The normalized spacial score (nSPS) is 22.0. The Labute approximate surface area is 183 Å². The third kappa shape index (κ3) is 3.78. The number of nitrogens with zero attached hydrogens (tertiary/aromatic N) is 2. The zero-order chi connectivity index (χ0) is 22.2. The van der Waals surface area contributed by atoms with Gasteiger partial charge < -0.3 is 10.6 Å². The molecular formula is C22H22F2N4O2S. The number of carbonyl (C=O) groups is 2. The summed E-state index contributed by atoms with van der Waals surface area (Å²) in [5.74, 6) is -1.78. The van der Waals surface area contributed by atoms with E-state index in [0.717, 1.165) is 29.4 Å². The maximum Gasteiger partial charge on any atom is 0.241 e. The molecular weight excluding hydrogens is 422 g/mol. The van der Waals surface area contributed by atoms with E-state index in [9.17, 15) is 18.4 Å².